The number of H-pyrrole nitrogens is 1. The van der Waals surface area contributed by atoms with Gasteiger partial charge in [-0.2, -0.15) is 5.10 Å². The summed E-state index contributed by atoms with van der Waals surface area (Å²) in [5, 5.41) is 5.51. The molecule has 35 heavy (non-hydrogen) atoms. The van der Waals surface area contributed by atoms with Crippen LogP contribution in [0, 0.1) is 0 Å². The fraction of sp³-hybridized carbons (Fsp3) is 0.208. The first kappa shape index (κ1) is 21.5. The number of hydrogen-bond donors (Lipinski definition) is 1. The number of nitrogens with zero attached hydrogens (tertiary/aromatic N) is 6. The van der Waals surface area contributed by atoms with Gasteiger partial charge in [0, 0.05) is 24.4 Å². The maximum absolute atomic E-state index is 15.0. The molecule has 0 aliphatic carbocycles. The molecule has 4 aromatic heterocycles. The molecule has 5 aromatic rings. The molecular formula is C24H19ClFN7O2. The van der Waals surface area contributed by atoms with Crippen molar-refractivity contribution in [2.75, 3.05) is 11.4 Å². The summed E-state index contributed by atoms with van der Waals surface area (Å²) < 4.78 is 17.9. The quantitative estimate of drug-likeness (QED) is 0.383. The SMILES string of the molecule is CC(=O)c1c[nH]c2ncnc(N3C[C@@H](F)C[C@H]3c3nn4ccc(Cl)c4c(=O)n3-c3ccccc3)c12. The number of halogens is 2. The number of benzene rings is 1. The summed E-state index contributed by atoms with van der Waals surface area (Å²) in [5.41, 5.74) is 1.34. The van der Waals surface area contributed by atoms with Crippen LogP contribution in [0.25, 0.3) is 22.2 Å². The third-order valence-electron chi connectivity index (χ3n) is 6.33. The molecule has 0 amide bonds. The summed E-state index contributed by atoms with van der Waals surface area (Å²) in [5.74, 6) is 0.585. The molecule has 1 saturated heterocycles. The maximum atomic E-state index is 15.0. The van der Waals surface area contributed by atoms with Crippen LogP contribution in [-0.4, -0.2) is 47.6 Å². The lowest BCUT2D eigenvalue weighted by molar-refractivity contribution is 0.101. The van der Waals surface area contributed by atoms with Gasteiger partial charge >= 0.3 is 0 Å². The highest BCUT2D eigenvalue weighted by Crippen LogP contribution is 2.39. The van der Waals surface area contributed by atoms with Gasteiger partial charge in [0.2, 0.25) is 0 Å². The van der Waals surface area contributed by atoms with Crippen molar-refractivity contribution in [3.63, 3.8) is 0 Å². The summed E-state index contributed by atoms with van der Waals surface area (Å²) in [6.07, 6.45) is 3.44. The maximum Gasteiger partial charge on any atom is 0.284 e. The van der Waals surface area contributed by atoms with Crippen LogP contribution in [0.2, 0.25) is 5.02 Å². The molecule has 11 heteroatoms. The number of alkyl halides is 1. The largest absolute Gasteiger partial charge is 0.345 e. The van der Waals surface area contributed by atoms with Gasteiger partial charge < -0.3 is 9.88 Å². The van der Waals surface area contributed by atoms with Crippen molar-refractivity contribution in [3.05, 3.63) is 81.9 Å². The smallest absolute Gasteiger partial charge is 0.284 e. The van der Waals surface area contributed by atoms with Gasteiger partial charge in [0.05, 0.1) is 28.7 Å². The first-order valence-corrected chi connectivity index (χ1v) is 11.4. The number of carbonyl (C=O) groups excluding carboxylic acids is 1. The van der Waals surface area contributed by atoms with Crippen molar-refractivity contribution in [2.24, 2.45) is 0 Å². The highest BCUT2D eigenvalue weighted by molar-refractivity contribution is 6.33. The lowest BCUT2D eigenvalue weighted by Gasteiger charge is -2.27. The number of Topliss-reactive ketones (excluding diaryl/α,β-unsaturated/α-hetero) is 1. The lowest BCUT2D eigenvalue weighted by atomic mass is 10.1. The van der Waals surface area contributed by atoms with Gasteiger partial charge in [0.15, 0.2) is 11.6 Å². The van der Waals surface area contributed by atoms with Crippen LogP contribution in [0.3, 0.4) is 0 Å². The predicted molar refractivity (Wildman–Crippen MR) is 129 cm³/mol. The summed E-state index contributed by atoms with van der Waals surface area (Å²) >= 11 is 6.30. The van der Waals surface area contributed by atoms with E-state index in [4.69, 9.17) is 16.7 Å². The van der Waals surface area contributed by atoms with E-state index in [0.29, 0.717) is 33.9 Å². The summed E-state index contributed by atoms with van der Waals surface area (Å²) in [6, 6.07) is 10.00. The average molecular weight is 492 g/mol. The van der Waals surface area contributed by atoms with E-state index in [1.165, 1.54) is 22.3 Å². The van der Waals surface area contributed by atoms with Crippen LogP contribution in [0.15, 0.2) is 59.9 Å². The minimum Gasteiger partial charge on any atom is -0.345 e. The Labute approximate surface area is 202 Å². The number of anilines is 1. The van der Waals surface area contributed by atoms with E-state index >= 15 is 4.39 Å². The van der Waals surface area contributed by atoms with Gasteiger partial charge in [-0.25, -0.2) is 18.9 Å². The zero-order chi connectivity index (χ0) is 24.3. The molecule has 1 aromatic carbocycles. The zero-order valence-electron chi connectivity index (χ0n) is 18.5. The van der Waals surface area contributed by atoms with Crippen LogP contribution < -0.4 is 10.5 Å². The topological polar surface area (TPSA) is 101 Å². The molecule has 5 heterocycles. The first-order chi connectivity index (χ1) is 16.9. The molecule has 0 radical (unpaired) electrons. The van der Waals surface area contributed by atoms with Gasteiger partial charge in [-0.1, -0.05) is 29.8 Å². The molecule has 2 atom stereocenters. The third kappa shape index (κ3) is 3.32. The van der Waals surface area contributed by atoms with E-state index < -0.39 is 12.2 Å². The molecule has 0 spiro atoms. The number of rotatable bonds is 4. The number of carbonyl (C=O) groups is 1. The monoisotopic (exact) mass is 491 g/mol. The molecule has 9 nitrogen and oxygen atoms in total. The van der Waals surface area contributed by atoms with Crippen LogP contribution >= 0.6 is 11.6 Å². The standard InChI is InChI=1S/C24H19ClFN7O2/c1-13(34)16-10-27-21-19(16)23(29-12-28-21)31-11-14(26)9-18(31)22-30-32-8-7-17(25)20(32)24(35)33(22)15-5-3-2-4-6-15/h2-8,10,12,14,18H,9,11H2,1H3,(H,27,28,29)/t14-,18-/m0/s1. The Kier molecular flexibility index (Phi) is 4.92. The fourth-order valence-corrected chi connectivity index (χ4v) is 5.02. The Bertz CT molecular complexity index is 1660. The van der Waals surface area contributed by atoms with E-state index in [1.807, 2.05) is 18.2 Å². The Morgan fingerprint density at radius 1 is 1.20 bits per heavy atom. The molecule has 0 bridgehead atoms. The second kappa shape index (κ2) is 8.02. The van der Waals surface area contributed by atoms with Gasteiger partial charge in [0.1, 0.15) is 29.5 Å². The van der Waals surface area contributed by atoms with E-state index in [0.717, 1.165) is 0 Å². The number of aromatic amines is 1. The van der Waals surface area contributed by atoms with Crippen molar-refractivity contribution in [2.45, 2.75) is 25.6 Å². The Balaban J connectivity index is 1.62. The van der Waals surface area contributed by atoms with Crippen molar-refractivity contribution in [1.82, 2.24) is 29.1 Å². The molecule has 0 saturated carbocycles. The molecular weight excluding hydrogens is 473 g/mol. The fourth-order valence-electron chi connectivity index (χ4n) is 4.80. The molecule has 1 aliphatic heterocycles. The number of hydrogen-bond acceptors (Lipinski definition) is 6. The van der Waals surface area contributed by atoms with E-state index in [9.17, 15) is 9.59 Å². The first-order valence-electron chi connectivity index (χ1n) is 11.0. The number of aromatic nitrogens is 6. The molecule has 176 valence electrons. The number of nitrogens with one attached hydrogen (secondary N) is 1. The van der Waals surface area contributed by atoms with Crippen LogP contribution in [0.4, 0.5) is 10.2 Å². The lowest BCUT2D eigenvalue weighted by Crippen LogP contribution is -2.33. The minimum absolute atomic E-state index is 0.0223. The molecule has 1 fully saturated rings. The zero-order valence-corrected chi connectivity index (χ0v) is 19.3. The van der Waals surface area contributed by atoms with Crippen LogP contribution in [-0.2, 0) is 0 Å². The van der Waals surface area contributed by atoms with Crippen molar-refractivity contribution < 1.29 is 9.18 Å². The Morgan fingerprint density at radius 2 is 2.00 bits per heavy atom. The normalized spacial score (nSPS) is 18.1. The summed E-state index contributed by atoms with van der Waals surface area (Å²) in [6.45, 7) is 1.48. The highest BCUT2D eigenvalue weighted by Gasteiger charge is 2.39. The van der Waals surface area contributed by atoms with Crippen LogP contribution in [0.5, 0.6) is 0 Å². The van der Waals surface area contributed by atoms with E-state index in [-0.39, 0.29) is 34.8 Å². The average Bonchev–Trinajstić information content (AvgIpc) is 3.56. The summed E-state index contributed by atoms with van der Waals surface area (Å²) in [4.78, 5) is 39.4. The molecule has 6 rings (SSSR count). The summed E-state index contributed by atoms with van der Waals surface area (Å²) in [7, 11) is 0. The van der Waals surface area contributed by atoms with Gasteiger partial charge in [-0.05, 0) is 25.1 Å². The molecule has 1 N–H and O–H groups in total. The van der Waals surface area contributed by atoms with E-state index in [1.54, 1.807) is 35.5 Å². The van der Waals surface area contributed by atoms with Crippen molar-refractivity contribution in [3.8, 4) is 5.69 Å². The second-order valence-corrected chi connectivity index (χ2v) is 8.88. The number of para-hydroxylation sites is 1. The third-order valence-corrected chi connectivity index (χ3v) is 6.63. The highest BCUT2D eigenvalue weighted by atomic mass is 35.5. The van der Waals surface area contributed by atoms with Gasteiger partial charge in [-0.3, -0.25) is 14.2 Å². The van der Waals surface area contributed by atoms with Crippen molar-refractivity contribution in [1.29, 1.82) is 0 Å². The number of ketones is 1. The molecule has 1 aliphatic rings. The molecule has 0 unspecified atom stereocenters. The van der Waals surface area contributed by atoms with Crippen molar-refractivity contribution >= 4 is 39.8 Å². The van der Waals surface area contributed by atoms with Crippen LogP contribution in [0.1, 0.15) is 35.6 Å². The van der Waals surface area contributed by atoms with Gasteiger partial charge in [0.25, 0.3) is 5.56 Å². The number of fused-ring (bicyclic) bond motifs is 2. The van der Waals surface area contributed by atoms with E-state index in [2.05, 4.69) is 15.0 Å². The van der Waals surface area contributed by atoms with Gasteiger partial charge in [-0.15, -0.1) is 0 Å². The predicted octanol–water partition coefficient (Wildman–Crippen LogP) is 3.90. The Hall–Kier alpha value is -4.05. The Morgan fingerprint density at radius 3 is 2.77 bits per heavy atom. The minimum atomic E-state index is -1.20. The second-order valence-electron chi connectivity index (χ2n) is 8.47.